The molecule has 1 aromatic carbocycles. The number of anilines is 1. The lowest BCUT2D eigenvalue weighted by atomic mass is 10.2. The predicted octanol–water partition coefficient (Wildman–Crippen LogP) is 1.19. The zero-order valence-corrected chi connectivity index (χ0v) is 13.2. The molecule has 8 heteroatoms. The first-order chi connectivity index (χ1) is 11.8. The van der Waals surface area contributed by atoms with E-state index >= 15 is 0 Å². The van der Waals surface area contributed by atoms with Gasteiger partial charge in [0, 0.05) is 20.2 Å². The van der Waals surface area contributed by atoms with Gasteiger partial charge in [-0.3, -0.25) is 4.79 Å². The molecule has 1 amide bonds. The number of carbonyl (C=O) groups excluding carboxylic acids is 1. The fraction of sp³-hybridized carbons (Fsp3) is 0.312. The highest BCUT2D eigenvalue weighted by molar-refractivity contribution is 5.91. The van der Waals surface area contributed by atoms with Crippen LogP contribution in [-0.4, -0.2) is 42.9 Å². The van der Waals surface area contributed by atoms with Crippen molar-refractivity contribution >= 4 is 11.7 Å². The molecule has 0 atom stereocenters. The van der Waals surface area contributed by atoms with E-state index in [4.69, 9.17) is 14.2 Å². The molecule has 24 heavy (non-hydrogen) atoms. The number of aromatic nitrogens is 2. The Morgan fingerprint density at radius 1 is 1.25 bits per heavy atom. The van der Waals surface area contributed by atoms with Crippen LogP contribution < -0.4 is 20.1 Å². The Balaban J connectivity index is 1.53. The van der Waals surface area contributed by atoms with Gasteiger partial charge in [0.05, 0.1) is 19.0 Å². The van der Waals surface area contributed by atoms with Crippen LogP contribution in [0, 0.1) is 0 Å². The summed E-state index contributed by atoms with van der Waals surface area (Å²) in [6.45, 7) is 1.70. The normalized spacial score (nSPS) is 12.0. The van der Waals surface area contributed by atoms with Crippen molar-refractivity contribution in [2.24, 2.45) is 0 Å². The molecular weight excluding hydrogens is 312 g/mol. The van der Waals surface area contributed by atoms with Crippen LogP contribution in [0.2, 0.25) is 0 Å². The van der Waals surface area contributed by atoms with Gasteiger partial charge >= 0.3 is 0 Å². The van der Waals surface area contributed by atoms with Gasteiger partial charge in [-0.25, -0.2) is 9.97 Å². The third kappa shape index (κ3) is 3.90. The van der Waals surface area contributed by atoms with Gasteiger partial charge in [-0.1, -0.05) is 6.07 Å². The second-order valence-electron chi connectivity index (χ2n) is 5.08. The lowest BCUT2D eigenvalue weighted by Gasteiger charge is -2.07. The Bertz CT molecular complexity index is 706. The standard InChI is InChI=1S/C16H18N4O4/c1-22-5-4-17-16(21)12-8-20-15(9-18-12)19-7-11-2-3-13-14(6-11)24-10-23-13/h2-3,6,8-9H,4-5,7,10H2,1H3,(H,17,21)(H,19,20). The molecule has 0 spiro atoms. The highest BCUT2D eigenvalue weighted by Gasteiger charge is 2.13. The smallest absolute Gasteiger partial charge is 0.271 e. The quantitative estimate of drug-likeness (QED) is 0.736. The van der Waals surface area contributed by atoms with Gasteiger partial charge in [-0.15, -0.1) is 0 Å². The first kappa shape index (κ1) is 16.0. The Hall–Kier alpha value is -2.87. The van der Waals surface area contributed by atoms with E-state index in [9.17, 15) is 4.79 Å². The molecule has 0 unspecified atom stereocenters. The van der Waals surface area contributed by atoms with Crippen molar-refractivity contribution in [3.05, 3.63) is 41.9 Å². The van der Waals surface area contributed by atoms with Crippen molar-refractivity contribution in [2.75, 3.05) is 32.4 Å². The van der Waals surface area contributed by atoms with Crippen molar-refractivity contribution in [3.8, 4) is 11.5 Å². The van der Waals surface area contributed by atoms with Gasteiger partial charge in [-0.05, 0) is 17.7 Å². The van der Waals surface area contributed by atoms with Gasteiger partial charge in [0.1, 0.15) is 11.5 Å². The van der Waals surface area contributed by atoms with Crippen LogP contribution in [0.4, 0.5) is 5.82 Å². The summed E-state index contributed by atoms with van der Waals surface area (Å²) in [5.74, 6) is 1.80. The van der Waals surface area contributed by atoms with Gasteiger partial charge in [0.2, 0.25) is 6.79 Å². The van der Waals surface area contributed by atoms with Crippen molar-refractivity contribution in [1.82, 2.24) is 15.3 Å². The number of amides is 1. The summed E-state index contributed by atoms with van der Waals surface area (Å²) in [5, 5.41) is 5.84. The minimum absolute atomic E-state index is 0.256. The summed E-state index contributed by atoms with van der Waals surface area (Å²) >= 11 is 0. The van der Waals surface area contributed by atoms with Crippen LogP contribution in [0.1, 0.15) is 16.1 Å². The van der Waals surface area contributed by atoms with E-state index in [1.165, 1.54) is 12.4 Å². The number of ether oxygens (including phenoxy) is 3. The van der Waals surface area contributed by atoms with Crippen molar-refractivity contribution in [2.45, 2.75) is 6.54 Å². The Kier molecular flexibility index (Phi) is 5.07. The van der Waals surface area contributed by atoms with E-state index in [-0.39, 0.29) is 18.4 Å². The van der Waals surface area contributed by atoms with Gasteiger partial charge in [-0.2, -0.15) is 0 Å². The number of nitrogens with one attached hydrogen (secondary N) is 2. The van der Waals surface area contributed by atoms with E-state index in [0.29, 0.717) is 25.5 Å². The SMILES string of the molecule is COCCNC(=O)c1cnc(NCc2ccc3c(c2)OCO3)cn1. The van der Waals surface area contributed by atoms with Gasteiger partial charge in [0.25, 0.3) is 5.91 Å². The van der Waals surface area contributed by atoms with Gasteiger partial charge in [0.15, 0.2) is 11.5 Å². The number of hydrogen-bond donors (Lipinski definition) is 2. The number of rotatable bonds is 7. The summed E-state index contributed by atoms with van der Waals surface area (Å²) in [6.07, 6.45) is 2.96. The second-order valence-corrected chi connectivity index (χ2v) is 5.08. The van der Waals surface area contributed by atoms with E-state index in [2.05, 4.69) is 20.6 Å². The van der Waals surface area contributed by atoms with Crippen LogP contribution in [0.15, 0.2) is 30.6 Å². The van der Waals surface area contributed by atoms with Crippen LogP contribution in [0.25, 0.3) is 0 Å². The lowest BCUT2D eigenvalue weighted by molar-refractivity contribution is 0.0931. The molecule has 0 radical (unpaired) electrons. The van der Waals surface area contributed by atoms with Gasteiger partial charge < -0.3 is 24.8 Å². The molecule has 126 valence electrons. The zero-order chi connectivity index (χ0) is 16.8. The summed E-state index contributed by atoms with van der Waals surface area (Å²) in [4.78, 5) is 20.1. The minimum atomic E-state index is -0.276. The molecule has 0 saturated heterocycles. The minimum Gasteiger partial charge on any atom is -0.454 e. The van der Waals surface area contributed by atoms with E-state index in [1.54, 1.807) is 7.11 Å². The topological polar surface area (TPSA) is 94.6 Å². The number of fused-ring (bicyclic) bond motifs is 1. The molecule has 0 fully saturated rings. The summed E-state index contributed by atoms with van der Waals surface area (Å²) in [7, 11) is 1.58. The fourth-order valence-electron chi connectivity index (χ4n) is 2.14. The Morgan fingerprint density at radius 2 is 2.12 bits per heavy atom. The fourth-order valence-corrected chi connectivity index (χ4v) is 2.14. The summed E-state index contributed by atoms with van der Waals surface area (Å²) in [5.41, 5.74) is 1.29. The summed E-state index contributed by atoms with van der Waals surface area (Å²) < 4.78 is 15.5. The number of methoxy groups -OCH3 is 1. The molecule has 2 aromatic rings. The maximum absolute atomic E-state index is 11.8. The zero-order valence-electron chi connectivity index (χ0n) is 13.2. The molecule has 3 rings (SSSR count). The van der Waals surface area contributed by atoms with E-state index < -0.39 is 0 Å². The molecule has 1 aliphatic rings. The third-order valence-electron chi connectivity index (χ3n) is 3.39. The molecule has 1 aromatic heterocycles. The first-order valence-corrected chi connectivity index (χ1v) is 7.48. The molecule has 8 nitrogen and oxygen atoms in total. The highest BCUT2D eigenvalue weighted by atomic mass is 16.7. The predicted molar refractivity (Wildman–Crippen MR) is 86.1 cm³/mol. The molecule has 0 saturated carbocycles. The Labute approximate surface area is 139 Å². The Morgan fingerprint density at radius 3 is 2.92 bits per heavy atom. The average Bonchev–Trinajstić information content (AvgIpc) is 3.08. The van der Waals surface area contributed by atoms with E-state index in [0.717, 1.165) is 17.1 Å². The van der Waals surface area contributed by atoms with Crippen molar-refractivity contribution in [3.63, 3.8) is 0 Å². The maximum atomic E-state index is 11.8. The molecule has 0 aliphatic carbocycles. The largest absolute Gasteiger partial charge is 0.454 e. The monoisotopic (exact) mass is 330 g/mol. The van der Waals surface area contributed by atoms with Crippen molar-refractivity contribution in [1.29, 1.82) is 0 Å². The van der Waals surface area contributed by atoms with Crippen LogP contribution >= 0.6 is 0 Å². The number of nitrogens with zero attached hydrogens (tertiary/aromatic N) is 2. The average molecular weight is 330 g/mol. The maximum Gasteiger partial charge on any atom is 0.271 e. The molecule has 1 aliphatic heterocycles. The number of carbonyl (C=O) groups is 1. The van der Waals surface area contributed by atoms with Crippen LogP contribution in [0.3, 0.4) is 0 Å². The van der Waals surface area contributed by atoms with E-state index in [1.807, 2.05) is 18.2 Å². The molecular formula is C16H18N4O4. The molecule has 2 N–H and O–H groups in total. The summed E-state index contributed by atoms with van der Waals surface area (Å²) in [6, 6.07) is 5.74. The molecule has 0 bridgehead atoms. The highest BCUT2D eigenvalue weighted by Crippen LogP contribution is 2.32. The number of benzene rings is 1. The van der Waals surface area contributed by atoms with Crippen LogP contribution in [-0.2, 0) is 11.3 Å². The lowest BCUT2D eigenvalue weighted by Crippen LogP contribution is -2.27. The first-order valence-electron chi connectivity index (χ1n) is 7.48. The van der Waals surface area contributed by atoms with Crippen LogP contribution in [0.5, 0.6) is 11.5 Å². The molecule has 2 heterocycles. The second kappa shape index (κ2) is 7.60. The van der Waals surface area contributed by atoms with Crippen molar-refractivity contribution < 1.29 is 19.0 Å². The number of hydrogen-bond acceptors (Lipinski definition) is 7. The third-order valence-corrected chi connectivity index (χ3v) is 3.39.